The average Bonchev–Trinajstić information content (AvgIpc) is 2.59. The van der Waals surface area contributed by atoms with Crippen molar-refractivity contribution in [1.82, 2.24) is 9.88 Å². The van der Waals surface area contributed by atoms with Crippen LogP contribution in [0, 0.1) is 0 Å². The monoisotopic (exact) mass is 330 g/mol. The summed E-state index contributed by atoms with van der Waals surface area (Å²) in [6.07, 6.45) is 4.87. The molecule has 1 aromatic carbocycles. The summed E-state index contributed by atoms with van der Waals surface area (Å²) in [5.74, 6) is -0.0508. The van der Waals surface area contributed by atoms with Gasteiger partial charge >= 0.3 is 0 Å². The minimum absolute atomic E-state index is 0.0508. The highest BCUT2D eigenvalue weighted by Crippen LogP contribution is 2.24. The number of carbonyl (C=O) groups excluding carboxylic acids is 1. The van der Waals surface area contributed by atoms with E-state index < -0.39 is 6.10 Å². The molecule has 1 saturated heterocycles. The lowest BCUT2D eigenvalue weighted by atomic mass is 9.92. The fraction of sp³-hybridized carbons (Fsp3) is 0.333. The zero-order valence-electron chi connectivity index (χ0n) is 12.7. The number of carbonyl (C=O) groups is 1. The molecule has 2 atom stereocenters. The van der Waals surface area contributed by atoms with Gasteiger partial charge in [0.15, 0.2) is 0 Å². The van der Waals surface area contributed by atoms with Gasteiger partial charge in [0.1, 0.15) is 0 Å². The Balaban J connectivity index is 1.82. The molecule has 0 radical (unpaired) electrons. The summed E-state index contributed by atoms with van der Waals surface area (Å²) in [7, 11) is 0. The number of aromatic nitrogens is 1. The lowest BCUT2D eigenvalue weighted by Crippen LogP contribution is -2.52. The van der Waals surface area contributed by atoms with E-state index in [9.17, 15) is 9.90 Å². The Bertz CT molecular complexity index is 660. The van der Waals surface area contributed by atoms with Gasteiger partial charge in [-0.05, 0) is 49.1 Å². The topological polar surface area (TPSA) is 53.4 Å². The minimum Gasteiger partial charge on any atom is -0.391 e. The summed E-state index contributed by atoms with van der Waals surface area (Å²) >= 11 is 5.92. The second kappa shape index (κ2) is 7.11. The Labute approximate surface area is 140 Å². The van der Waals surface area contributed by atoms with Crippen LogP contribution in [-0.4, -0.2) is 39.6 Å². The third-order valence-corrected chi connectivity index (χ3v) is 4.54. The Kier molecular flexibility index (Phi) is 4.94. The maximum Gasteiger partial charge on any atom is 0.254 e. The number of rotatable bonds is 3. The first-order valence-electron chi connectivity index (χ1n) is 7.78. The molecule has 1 fully saturated rings. The van der Waals surface area contributed by atoms with Crippen LogP contribution in [-0.2, 0) is 6.42 Å². The first kappa shape index (κ1) is 16.0. The van der Waals surface area contributed by atoms with E-state index in [1.165, 1.54) is 0 Å². The Hall–Kier alpha value is -1.91. The van der Waals surface area contributed by atoms with Gasteiger partial charge in [-0.3, -0.25) is 9.78 Å². The largest absolute Gasteiger partial charge is 0.391 e. The standard InChI is InChI=1S/C18H19ClN2O2/c19-15-5-3-13(4-6-15)12-16-17(22)2-1-11-21(16)18(23)14-7-9-20-10-8-14/h3-10,16-17,22H,1-2,11-12H2/t16-,17-/m0/s1. The molecule has 120 valence electrons. The summed E-state index contributed by atoms with van der Waals surface area (Å²) in [5.41, 5.74) is 1.67. The highest BCUT2D eigenvalue weighted by Gasteiger charge is 2.33. The molecule has 3 rings (SSSR count). The number of aliphatic hydroxyl groups is 1. The van der Waals surface area contributed by atoms with Gasteiger partial charge in [-0.25, -0.2) is 0 Å². The van der Waals surface area contributed by atoms with Crippen LogP contribution >= 0.6 is 11.6 Å². The SMILES string of the molecule is O=C(c1ccncc1)N1CCC[C@H](O)[C@@H]1Cc1ccc(Cl)cc1. The molecule has 2 heterocycles. The molecular formula is C18H19ClN2O2. The summed E-state index contributed by atoms with van der Waals surface area (Å²) in [6, 6.07) is 10.8. The van der Waals surface area contributed by atoms with Gasteiger partial charge in [0, 0.05) is 29.5 Å². The quantitative estimate of drug-likeness (QED) is 0.941. The van der Waals surface area contributed by atoms with E-state index in [0.717, 1.165) is 18.4 Å². The highest BCUT2D eigenvalue weighted by molar-refractivity contribution is 6.30. The molecule has 0 spiro atoms. The van der Waals surface area contributed by atoms with E-state index in [2.05, 4.69) is 4.98 Å². The van der Waals surface area contributed by atoms with Gasteiger partial charge in [0.25, 0.3) is 5.91 Å². The van der Waals surface area contributed by atoms with E-state index in [1.807, 2.05) is 24.3 Å². The number of hydrogen-bond acceptors (Lipinski definition) is 3. The van der Waals surface area contributed by atoms with E-state index >= 15 is 0 Å². The second-order valence-electron chi connectivity index (χ2n) is 5.84. The third kappa shape index (κ3) is 3.71. The molecule has 0 saturated carbocycles. The van der Waals surface area contributed by atoms with Gasteiger partial charge in [-0.15, -0.1) is 0 Å². The van der Waals surface area contributed by atoms with Crippen LogP contribution in [0.2, 0.25) is 5.02 Å². The Morgan fingerprint density at radius 3 is 2.61 bits per heavy atom. The normalized spacial score (nSPS) is 21.2. The maximum absolute atomic E-state index is 12.8. The summed E-state index contributed by atoms with van der Waals surface area (Å²) < 4.78 is 0. The molecule has 0 unspecified atom stereocenters. The Morgan fingerprint density at radius 2 is 1.91 bits per heavy atom. The summed E-state index contributed by atoms with van der Waals surface area (Å²) in [6.45, 7) is 0.663. The van der Waals surface area contributed by atoms with Gasteiger partial charge in [0.2, 0.25) is 0 Å². The summed E-state index contributed by atoms with van der Waals surface area (Å²) in [5, 5.41) is 11.1. The number of pyridine rings is 1. The van der Waals surface area contributed by atoms with E-state index in [0.29, 0.717) is 23.6 Å². The van der Waals surface area contributed by atoms with Crippen molar-refractivity contribution >= 4 is 17.5 Å². The van der Waals surface area contributed by atoms with Crippen molar-refractivity contribution in [3.05, 3.63) is 64.9 Å². The number of nitrogens with zero attached hydrogens (tertiary/aromatic N) is 2. The van der Waals surface area contributed by atoms with E-state index in [-0.39, 0.29) is 11.9 Å². The molecule has 23 heavy (non-hydrogen) atoms. The fourth-order valence-corrected chi connectivity index (χ4v) is 3.18. The third-order valence-electron chi connectivity index (χ3n) is 4.29. The van der Waals surface area contributed by atoms with Crippen molar-refractivity contribution in [2.45, 2.75) is 31.4 Å². The number of likely N-dealkylation sites (tertiary alicyclic amines) is 1. The van der Waals surface area contributed by atoms with Gasteiger partial charge in [-0.1, -0.05) is 23.7 Å². The maximum atomic E-state index is 12.8. The predicted octanol–water partition coefficient (Wildman–Crippen LogP) is 2.94. The average molecular weight is 331 g/mol. The number of benzene rings is 1. The van der Waals surface area contributed by atoms with Gasteiger partial charge in [0.05, 0.1) is 12.1 Å². The molecule has 1 N–H and O–H groups in total. The lowest BCUT2D eigenvalue weighted by Gasteiger charge is -2.39. The molecule has 1 amide bonds. The van der Waals surface area contributed by atoms with Crippen molar-refractivity contribution < 1.29 is 9.90 Å². The Morgan fingerprint density at radius 1 is 1.22 bits per heavy atom. The zero-order chi connectivity index (χ0) is 16.2. The van der Waals surface area contributed by atoms with E-state index in [4.69, 9.17) is 11.6 Å². The second-order valence-corrected chi connectivity index (χ2v) is 6.28. The van der Waals surface area contributed by atoms with Gasteiger partial charge < -0.3 is 10.0 Å². The minimum atomic E-state index is -0.509. The number of amides is 1. The van der Waals surface area contributed by atoms with Crippen molar-refractivity contribution in [3.63, 3.8) is 0 Å². The van der Waals surface area contributed by atoms with Crippen LogP contribution in [0.4, 0.5) is 0 Å². The molecule has 0 aliphatic carbocycles. The molecule has 1 aliphatic rings. The molecule has 4 nitrogen and oxygen atoms in total. The number of piperidine rings is 1. The first-order chi connectivity index (χ1) is 11.1. The number of halogens is 1. The highest BCUT2D eigenvalue weighted by atomic mass is 35.5. The molecule has 2 aromatic rings. The molecular weight excluding hydrogens is 312 g/mol. The number of hydrogen-bond donors (Lipinski definition) is 1. The molecule has 0 bridgehead atoms. The number of aliphatic hydroxyl groups excluding tert-OH is 1. The molecule has 1 aromatic heterocycles. The van der Waals surface area contributed by atoms with E-state index in [1.54, 1.807) is 29.4 Å². The predicted molar refractivity (Wildman–Crippen MR) is 89.5 cm³/mol. The van der Waals surface area contributed by atoms with Crippen LogP contribution in [0.25, 0.3) is 0 Å². The van der Waals surface area contributed by atoms with Crippen LogP contribution in [0.3, 0.4) is 0 Å². The van der Waals surface area contributed by atoms with Crippen molar-refractivity contribution in [3.8, 4) is 0 Å². The first-order valence-corrected chi connectivity index (χ1v) is 8.16. The summed E-state index contributed by atoms with van der Waals surface area (Å²) in [4.78, 5) is 18.5. The van der Waals surface area contributed by atoms with Crippen LogP contribution < -0.4 is 0 Å². The molecule has 5 heteroatoms. The zero-order valence-corrected chi connectivity index (χ0v) is 13.5. The van der Waals surface area contributed by atoms with Crippen molar-refractivity contribution in [1.29, 1.82) is 0 Å². The van der Waals surface area contributed by atoms with Crippen molar-refractivity contribution in [2.24, 2.45) is 0 Å². The van der Waals surface area contributed by atoms with Crippen molar-refractivity contribution in [2.75, 3.05) is 6.54 Å². The van der Waals surface area contributed by atoms with Crippen LogP contribution in [0.15, 0.2) is 48.8 Å². The smallest absolute Gasteiger partial charge is 0.254 e. The fourth-order valence-electron chi connectivity index (χ4n) is 3.06. The van der Waals surface area contributed by atoms with Crippen LogP contribution in [0.1, 0.15) is 28.8 Å². The van der Waals surface area contributed by atoms with Gasteiger partial charge in [-0.2, -0.15) is 0 Å². The van der Waals surface area contributed by atoms with Crippen LogP contribution in [0.5, 0.6) is 0 Å². The lowest BCUT2D eigenvalue weighted by molar-refractivity contribution is 0.0118. The molecule has 1 aliphatic heterocycles.